The average molecular weight is 442 g/mol. The lowest BCUT2D eigenvalue weighted by molar-refractivity contribution is -0.116. The molecule has 1 heterocycles. The van der Waals surface area contributed by atoms with Crippen molar-refractivity contribution < 1.29 is 9.53 Å². The lowest BCUT2D eigenvalue weighted by Crippen LogP contribution is -2.12. The molecule has 8 heteroatoms. The molecule has 1 amide bonds. The van der Waals surface area contributed by atoms with Crippen molar-refractivity contribution in [3.8, 4) is 17.0 Å². The highest BCUT2D eigenvalue weighted by molar-refractivity contribution is 7.14. The van der Waals surface area contributed by atoms with Crippen LogP contribution in [0.4, 0.5) is 5.13 Å². The zero-order chi connectivity index (χ0) is 19.2. The minimum Gasteiger partial charge on any atom is -0.492 e. The zero-order valence-corrected chi connectivity index (χ0v) is 17.1. The van der Waals surface area contributed by atoms with Crippen LogP contribution in [0, 0.1) is 0 Å². The predicted octanol–water partition coefficient (Wildman–Crippen LogP) is 6.57. The van der Waals surface area contributed by atoms with Crippen LogP contribution in [0.1, 0.15) is 12.8 Å². The number of thiazole rings is 1. The Balaban J connectivity index is 1.46. The maximum atomic E-state index is 12.1. The molecule has 4 nitrogen and oxygen atoms in total. The summed E-state index contributed by atoms with van der Waals surface area (Å²) in [4.78, 5) is 16.5. The van der Waals surface area contributed by atoms with Gasteiger partial charge in [0, 0.05) is 27.4 Å². The van der Waals surface area contributed by atoms with Crippen LogP contribution in [0.5, 0.6) is 5.75 Å². The van der Waals surface area contributed by atoms with E-state index < -0.39 is 0 Å². The van der Waals surface area contributed by atoms with Crippen LogP contribution >= 0.6 is 46.1 Å². The summed E-state index contributed by atoms with van der Waals surface area (Å²) in [6, 6.07) is 12.5. The number of ether oxygens (including phenoxy) is 1. The molecule has 0 saturated heterocycles. The maximum Gasteiger partial charge on any atom is 0.226 e. The minimum atomic E-state index is -0.124. The number of halogens is 3. The minimum absolute atomic E-state index is 0.124. The van der Waals surface area contributed by atoms with Gasteiger partial charge in [-0.05, 0) is 30.7 Å². The van der Waals surface area contributed by atoms with Gasteiger partial charge in [-0.2, -0.15) is 0 Å². The molecule has 140 valence electrons. The number of nitrogens with zero attached hydrogens (tertiary/aromatic N) is 1. The van der Waals surface area contributed by atoms with E-state index in [9.17, 15) is 4.79 Å². The van der Waals surface area contributed by atoms with Gasteiger partial charge in [0.2, 0.25) is 5.91 Å². The van der Waals surface area contributed by atoms with Crippen LogP contribution in [0.3, 0.4) is 0 Å². The number of hydrogen-bond donors (Lipinski definition) is 1. The fourth-order valence-corrected chi connectivity index (χ4v) is 3.74. The van der Waals surface area contributed by atoms with E-state index in [2.05, 4.69) is 10.3 Å². The first-order valence-electron chi connectivity index (χ1n) is 8.11. The van der Waals surface area contributed by atoms with Crippen molar-refractivity contribution in [2.45, 2.75) is 12.8 Å². The maximum absolute atomic E-state index is 12.1. The third-order valence-corrected chi connectivity index (χ3v) is 5.22. The summed E-state index contributed by atoms with van der Waals surface area (Å²) in [6.45, 7) is 0.373. The van der Waals surface area contributed by atoms with Gasteiger partial charge in [-0.3, -0.25) is 4.79 Å². The largest absolute Gasteiger partial charge is 0.492 e. The van der Waals surface area contributed by atoms with Crippen molar-refractivity contribution in [2.24, 2.45) is 0 Å². The van der Waals surface area contributed by atoms with E-state index in [0.717, 1.165) is 11.3 Å². The summed E-state index contributed by atoms with van der Waals surface area (Å²) in [5.74, 6) is 0.423. The zero-order valence-electron chi connectivity index (χ0n) is 14.0. The smallest absolute Gasteiger partial charge is 0.226 e. The van der Waals surface area contributed by atoms with Gasteiger partial charge in [0.1, 0.15) is 5.75 Å². The van der Waals surface area contributed by atoms with Gasteiger partial charge in [0.15, 0.2) is 5.13 Å². The number of carbonyl (C=O) groups excluding carboxylic acids is 1. The Morgan fingerprint density at radius 1 is 1.11 bits per heavy atom. The first kappa shape index (κ1) is 20.0. The molecule has 0 atom stereocenters. The van der Waals surface area contributed by atoms with Crippen LogP contribution < -0.4 is 10.1 Å². The summed E-state index contributed by atoms with van der Waals surface area (Å²) in [7, 11) is 0. The second kappa shape index (κ2) is 9.42. The van der Waals surface area contributed by atoms with Crippen LogP contribution in [0.2, 0.25) is 15.1 Å². The molecule has 0 aliphatic heterocycles. The van der Waals surface area contributed by atoms with Gasteiger partial charge in [-0.25, -0.2) is 4.98 Å². The summed E-state index contributed by atoms with van der Waals surface area (Å²) in [6.07, 6.45) is 0.861. The number of hydrogen-bond acceptors (Lipinski definition) is 4. The molecule has 0 radical (unpaired) electrons. The van der Waals surface area contributed by atoms with Crippen molar-refractivity contribution in [2.75, 3.05) is 11.9 Å². The van der Waals surface area contributed by atoms with Crippen molar-refractivity contribution in [1.82, 2.24) is 4.98 Å². The molecule has 0 spiro atoms. The van der Waals surface area contributed by atoms with Gasteiger partial charge in [0.25, 0.3) is 0 Å². The molecule has 0 aliphatic carbocycles. The Morgan fingerprint density at radius 3 is 2.70 bits per heavy atom. The fraction of sp³-hybridized carbons (Fsp3) is 0.158. The number of amides is 1. The summed E-state index contributed by atoms with van der Waals surface area (Å²) in [5.41, 5.74) is 1.57. The molecule has 1 aromatic heterocycles. The van der Waals surface area contributed by atoms with Gasteiger partial charge >= 0.3 is 0 Å². The second-order valence-corrected chi connectivity index (χ2v) is 7.70. The number of anilines is 1. The van der Waals surface area contributed by atoms with E-state index in [0.29, 0.717) is 45.4 Å². The topological polar surface area (TPSA) is 51.2 Å². The van der Waals surface area contributed by atoms with Crippen LogP contribution in [-0.2, 0) is 4.79 Å². The Hall–Kier alpha value is -1.79. The molecule has 3 aromatic rings. The molecule has 1 N–H and O–H groups in total. The molecule has 0 saturated carbocycles. The van der Waals surface area contributed by atoms with E-state index in [4.69, 9.17) is 39.5 Å². The lowest BCUT2D eigenvalue weighted by Gasteiger charge is -2.08. The van der Waals surface area contributed by atoms with E-state index in [1.54, 1.807) is 24.3 Å². The van der Waals surface area contributed by atoms with Crippen molar-refractivity contribution >= 4 is 57.2 Å². The molecule has 27 heavy (non-hydrogen) atoms. The Morgan fingerprint density at radius 2 is 1.93 bits per heavy atom. The van der Waals surface area contributed by atoms with Gasteiger partial charge in [0.05, 0.1) is 17.3 Å². The molecule has 0 fully saturated rings. The van der Waals surface area contributed by atoms with Crippen LogP contribution in [0.15, 0.2) is 47.8 Å². The quantitative estimate of drug-likeness (QED) is 0.422. The molecule has 3 rings (SSSR count). The SMILES string of the molecule is O=C(CCCOc1ccc(Cl)cc1Cl)Nc1nc(-c2ccccc2Cl)cs1. The highest BCUT2D eigenvalue weighted by Gasteiger charge is 2.10. The Bertz CT molecular complexity index is 946. The fourth-order valence-electron chi connectivity index (χ4n) is 2.31. The van der Waals surface area contributed by atoms with E-state index in [1.807, 2.05) is 23.6 Å². The molecule has 0 aliphatic rings. The number of carbonyl (C=O) groups is 1. The Labute approximate surface area is 176 Å². The van der Waals surface area contributed by atoms with Gasteiger partial charge in [-0.1, -0.05) is 53.0 Å². The number of aromatic nitrogens is 1. The van der Waals surface area contributed by atoms with Crippen LogP contribution in [-0.4, -0.2) is 17.5 Å². The predicted molar refractivity (Wildman–Crippen MR) is 112 cm³/mol. The molecular formula is C19H15Cl3N2O2S. The number of nitrogens with one attached hydrogen (secondary N) is 1. The second-order valence-electron chi connectivity index (χ2n) is 5.59. The first-order valence-corrected chi connectivity index (χ1v) is 10.1. The molecule has 0 unspecified atom stereocenters. The normalized spacial score (nSPS) is 10.6. The average Bonchev–Trinajstić information content (AvgIpc) is 3.08. The summed E-state index contributed by atoms with van der Waals surface area (Å²) in [5, 5.41) is 6.81. The first-order chi connectivity index (χ1) is 13.0. The number of rotatable bonds is 7. The van der Waals surface area contributed by atoms with Gasteiger partial charge in [-0.15, -0.1) is 11.3 Å². The third-order valence-electron chi connectivity index (χ3n) is 3.60. The number of benzene rings is 2. The molecule has 2 aromatic carbocycles. The van der Waals surface area contributed by atoms with Crippen molar-refractivity contribution in [3.05, 3.63) is 62.9 Å². The summed E-state index contributed by atoms with van der Waals surface area (Å²) >= 11 is 19.4. The summed E-state index contributed by atoms with van der Waals surface area (Å²) < 4.78 is 5.57. The van der Waals surface area contributed by atoms with E-state index in [-0.39, 0.29) is 5.91 Å². The third kappa shape index (κ3) is 5.59. The molecule has 0 bridgehead atoms. The molecular weight excluding hydrogens is 427 g/mol. The van der Waals surface area contributed by atoms with Crippen LogP contribution in [0.25, 0.3) is 11.3 Å². The lowest BCUT2D eigenvalue weighted by atomic mass is 10.2. The monoisotopic (exact) mass is 440 g/mol. The highest BCUT2D eigenvalue weighted by atomic mass is 35.5. The van der Waals surface area contributed by atoms with Crippen molar-refractivity contribution in [1.29, 1.82) is 0 Å². The Kier molecular flexibility index (Phi) is 6.96. The van der Waals surface area contributed by atoms with E-state index >= 15 is 0 Å². The van der Waals surface area contributed by atoms with Crippen molar-refractivity contribution in [3.63, 3.8) is 0 Å². The van der Waals surface area contributed by atoms with Gasteiger partial charge < -0.3 is 10.1 Å². The van der Waals surface area contributed by atoms with E-state index in [1.165, 1.54) is 11.3 Å². The highest BCUT2D eigenvalue weighted by Crippen LogP contribution is 2.30. The standard InChI is InChI=1S/C19H15Cl3N2O2S/c20-12-7-8-17(15(22)10-12)26-9-3-6-18(25)24-19-23-16(11-27-19)13-4-1-2-5-14(13)21/h1-2,4-5,7-8,10-11H,3,6,9H2,(H,23,24,25).